The zero-order chi connectivity index (χ0) is 30.3. The normalized spacial score (nSPS) is 18.8. The molecule has 1 unspecified atom stereocenters. The molecule has 2 heterocycles. The first kappa shape index (κ1) is 34.9. The molecule has 0 saturated carbocycles. The number of morpholine rings is 1. The van der Waals surface area contributed by atoms with E-state index in [-0.39, 0.29) is 18.2 Å². The molecule has 3 atom stereocenters. The zero-order valence-corrected chi connectivity index (χ0v) is 27.9. The molecule has 42 heavy (non-hydrogen) atoms. The minimum atomic E-state index is -1.06. The van der Waals surface area contributed by atoms with E-state index in [9.17, 15) is 19.2 Å². The lowest BCUT2D eigenvalue weighted by Gasteiger charge is -2.26. The number of ketones is 1. The minimum Gasteiger partial charge on any atom is -0.379 e. The van der Waals surface area contributed by atoms with Gasteiger partial charge in [-0.1, -0.05) is 69.9 Å². The second-order valence-corrected chi connectivity index (χ2v) is 15.0. The van der Waals surface area contributed by atoms with Gasteiger partial charge in [0.15, 0.2) is 0 Å². The van der Waals surface area contributed by atoms with Crippen molar-refractivity contribution in [3.8, 4) is 0 Å². The summed E-state index contributed by atoms with van der Waals surface area (Å²) in [5.41, 5.74) is 0.807. The van der Waals surface area contributed by atoms with Crippen molar-refractivity contribution >= 4 is 61.0 Å². The van der Waals surface area contributed by atoms with E-state index in [4.69, 9.17) is 4.74 Å². The zero-order valence-electron chi connectivity index (χ0n) is 24.7. The van der Waals surface area contributed by atoms with Crippen LogP contribution in [-0.2, 0) is 30.3 Å². The summed E-state index contributed by atoms with van der Waals surface area (Å²) in [6.45, 7) is 7.79. The van der Waals surface area contributed by atoms with E-state index in [1.165, 1.54) is 12.2 Å². The maximum Gasteiger partial charge on any atom is 0.289 e. The highest BCUT2D eigenvalue weighted by Gasteiger charge is 2.31. The van der Waals surface area contributed by atoms with Crippen LogP contribution in [0.2, 0.25) is 0 Å². The van der Waals surface area contributed by atoms with E-state index in [0.29, 0.717) is 44.4 Å². The van der Waals surface area contributed by atoms with Gasteiger partial charge >= 0.3 is 0 Å². The Hall–Kier alpha value is -1.60. The van der Waals surface area contributed by atoms with Gasteiger partial charge in [0.25, 0.3) is 5.91 Å². The first-order valence-corrected chi connectivity index (χ1v) is 18.1. The fraction of sp³-hybridized carbons (Fsp3) is 0.667. The third kappa shape index (κ3) is 13.0. The molecule has 0 aliphatic carbocycles. The number of halogens is 1. The number of carbonyl (C=O) groups is 4. The number of rotatable bonds is 17. The first-order valence-electron chi connectivity index (χ1n) is 15.0. The summed E-state index contributed by atoms with van der Waals surface area (Å²) >= 11 is 3.41. The first-order chi connectivity index (χ1) is 20.2. The number of Topliss-reactive ketones (excluding diaryl/α,β-unsaturated/α-hetero) is 1. The van der Waals surface area contributed by atoms with Crippen molar-refractivity contribution in [1.82, 2.24) is 20.9 Å². The number of unbranched alkanes of at least 4 members (excludes halogenated alkanes) is 1. The predicted molar refractivity (Wildman–Crippen MR) is 173 cm³/mol. The fourth-order valence-corrected chi connectivity index (χ4v) is 8.22. The highest BCUT2D eigenvalue weighted by Crippen LogP contribution is 2.39. The summed E-state index contributed by atoms with van der Waals surface area (Å²) < 4.78 is 6.24. The second-order valence-electron chi connectivity index (χ2n) is 11.3. The molecule has 0 bridgehead atoms. The topological polar surface area (TPSA) is 117 Å². The van der Waals surface area contributed by atoms with Gasteiger partial charge in [-0.25, -0.2) is 0 Å². The summed E-state index contributed by atoms with van der Waals surface area (Å²) in [6, 6.07) is 5.56. The van der Waals surface area contributed by atoms with Gasteiger partial charge in [-0.3, -0.25) is 24.1 Å². The van der Waals surface area contributed by atoms with Gasteiger partial charge < -0.3 is 20.7 Å². The summed E-state index contributed by atoms with van der Waals surface area (Å²) in [7, 11) is 3.86. The van der Waals surface area contributed by atoms with Crippen molar-refractivity contribution in [2.45, 2.75) is 76.1 Å². The summed E-state index contributed by atoms with van der Waals surface area (Å²) in [5, 5.41) is 9.10. The molecule has 2 aliphatic rings. The fourth-order valence-electron chi connectivity index (χ4n) is 4.93. The molecule has 234 valence electrons. The van der Waals surface area contributed by atoms with Gasteiger partial charge in [0, 0.05) is 54.5 Å². The Morgan fingerprint density at radius 1 is 1.05 bits per heavy atom. The van der Waals surface area contributed by atoms with Crippen molar-refractivity contribution in [3.05, 3.63) is 34.3 Å². The molecule has 0 aromatic heterocycles. The predicted octanol–water partition coefficient (Wildman–Crippen LogP) is 3.74. The molecule has 9 nitrogen and oxygen atoms in total. The molecule has 2 fully saturated rings. The lowest BCUT2D eigenvalue weighted by molar-refractivity contribution is -0.140. The molecule has 3 amide bonds. The molecule has 12 heteroatoms. The van der Waals surface area contributed by atoms with Crippen LogP contribution in [0.25, 0.3) is 0 Å². The number of nitrogens with one attached hydrogen (secondary N) is 3. The summed E-state index contributed by atoms with van der Waals surface area (Å²) in [5.74, 6) is -0.709. The number of ether oxygens (including phenoxy) is 1. The van der Waals surface area contributed by atoms with Crippen molar-refractivity contribution in [3.63, 3.8) is 0 Å². The molecule has 0 radical (unpaired) electrons. The molecule has 3 rings (SSSR count). The number of nitrogens with zero attached hydrogens (tertiary/aromatic N) is 1. The Bertz CT molecular complexity index is 1020. The Morgan fingerprint density at radius 2 is 1.79 bits per heavy atom. The number of amides is 3. The Labute approximate surface area is 266 Å². The maximum atomic E-state index is 13.5. The Morgan fingerprint density at radius 3 is 2.45 bits per heavy atom. The molecule has 1 aromatic rings. The van der Waals surface area contributed by atoms with Crippen LogP contribution >= 0.6 is 37.5 Å². The molecular formula is C30H45BrN4O5S2. The second kappa shape index (κ2) is 18.9. The average Bonchev–Trinajstić information content (AvgIpc) is 3.49. The lowest BCUT2D eigenvalue weighted by Crippen LogP contribution is -2.55. The largest absolute Gasteiger partial charge is 0.379 e. The van der Waals surface area contributed by atoms with E-state index >= 15 is 0 Å². The maximum absolute atomic E-state index is 13.5. The van der Waals surface area contributed by atoms with Crippen LogP contribution in [0.3, 0.4) is 0 Å². The van der Waals surface area contributed by atoms with E-state index in [2.05, 4.69) is 36.8 Å². The van der Waals surface area contributed by atoms with Crippen LogP contribution in [-0.4, -0.2) is 90.9 Å². The van der Waals surface area contributed by atoms with Crippen molar-refractivity contribution < 1.29 is 23.9 Å². The Balaban J connectivity index is 1.58. The van der Waals surface area contributed by atoms with Gasteiger partial charge in [-0.2, -0.15) is 0 Å². The number of hydrogen-bond acceptors (Lipinski definition) is 8. The standard InChI is InChI=1S/C30H45BrN4O5S2/c1-21(2)19-26(33-27(36)6-4-3-5-24-11-18-41-42-24)29(38)34-25(20-22-7-9-23(31)10-8-22)28(37)30(39)32-12-13-35-14-16-40-17-15-35/h7-10,21,24-26H,3-6,11-20H2,1-2H3,(H,32,39)(H,33,36)(H,34,38)/t24?,25-,26-/m0/s1. The van der Waals surface area contributed by atoms with Crippen LogP contribution in [0.4, 0.5) is 0 Å². The molecule has 0 spiro atoms. The van der Waals surface area contributed by atoms with Crippen molar-refractivity contribution in [1.29, 1.82) is 0 Å². The highest BCUT2D eigenvalue weighted by molar-refractivity contribution is 9.10. The van der Waals surface area contributed by atoms with Gasteiger partial charge in [-0.05, 0) is 49.3 Å². The Kier molecular flexibility index (Phi) is 15.7. The lowest BCUT2D eigenvalue weighted by atomic mass is 9.99. The van der Waals surface area contributed by atoms with Crippen LogP contribution in [0.1, 0.15) is 57.9 Å². The van der Waals surface area contributed by atoms with E-state index in [0.717, 1.165) is 42.4 Å². The number of hydrogen-bond donors (Lipinski definition) is 3. The van der Waals surface area contributed by atoms with Gasteiger partial charge in [0.05, 0.1) is 13.2 Å². The molecule has 2 saturated heterocycles. The summed E-state index contributed by atoms with van der Waals surface area (Å²) in [4.78, 5) is 54.6. The van der Waals surface area contributed by atoms with Crippen LogP contribution in [0.5, 0.6) is 0 Å². The smallest absolute Gasteiger partial charge is 0.289 e. The van der Waals surface area contributed by atoms with Crippen molar-refractivity contribution in [2.24, 2.45) is 5.92 Å². The van der Waals surface area contributed by atoms with Crippen molar-refractivity contribution in [2.75, 3.05) is 45.1 Å². The molecular weight excluding hydrogens is 640 g/mol. The van der Waals surface area contributed by atoms with Gasteiger partial charge in [0.2, 0.25) is 17.6 Å². The van der Waals surface area contributed by atoms with Crippen LogP contribution in [0, 0.1) is 5.92 Å². The SMILES string of the molecule is CC(C)C[C@H](NC(=O)CCCCC1CCSS1)C(=O)N[C@@H](Cc1ccc(Br)cc1)C(=O)C(=O)NCCN1CCOCC1. The van der Waals surface area contributed by atoms with E-state index < -0.39 is 29.7 Å². The van der Waals surface area contributed by atoms with E-state index in [1.54, 1.807) is 0 Å². The van der Waals surface area contributed by atoms with Crippen LogP contribution in [0.15, 0.2) is 28.7 Å². The van der Waals surface area contributed by atoms with Gasteiger partial charge in [0.1, 0.15) is 12.1 Å². The van der Waals surface area contributed by atoms with E-state index in [1.807, 2.05) is 59.7 Å². The highest BCUT2D eigenvalue weighted by atomic mass is 79.9. The average molecular weight is 686 g/mol. The summed E-state index contributed by atoms with van der Waals surface area (Å²) in [6.07, 6.45) is 5.04. The third-order valence-electron chi connectivity index (χ3n) is 7.29. The quantitative estimate of drug-likeness (QED) is 0.129. The molecule has 2 aliphatic heterocycles. The number of carbonyl (C=O) groups excluding carboxylic acids is 4. The molecule has 3 N–H and O–H groups in total. The monoisotopic (exact) mass is 684 g/mol. The van der Waals surface area contributed by atoms with Gasteiger partial charge in [-0.15, -0.1) is 0 Å². The third-order valence-corrected chi connectivity index (χ3v) is 10.8. The number of benzene rings is 1. The minimum absolute atomic E-state index is 0.141. The van der Waals surface area contributed by atoms with Crippen LogP contribution < -0.4 is 16.0 Å². The molecule has 1 aromatic carbocycles.